The van der Waals surface area contributed by atoms with Crippen molar-refractivity contribution in [1.82, 2.24) is 0 Å². The van der Waals surface area contributed by atoms with Crippen LogP contribution < -0.4 is 52.1 Å². The first-order valence-corrected chi connectivity index (χ1v) is 43.7. The van der Waals surface area contributed by atoms with E-state index in [1.807, 2.05) is 0 Å². The van der Waals surface area contributed by atoms with E-state index in [4.69, 9.17) is 9.47 Å². The average Bonchev–Trinajstić information content (AvgIpc) is 0.716. The van der Waals surface area contributed by atoms with Crippen molar-refractivity contribution in [3.63, 3.8) is 0 Å². The number of para-hydroxylation sites is 4. The van der Waals surface area contributed by atoms with Gasteiger partial charge in [0.25, 0.3) is 0 Å². The number of rotatable bonds is 14. The van der Waals surface area contributed by atoms with E-state index in [2.05, 4.69) is 474 Å². The number of benzene rings is 22. The molecule has 0 spiro atoms. The molecular formula is C120H84B2N2O2. The zero-order valence-electron chi connectivity index (χ0n) is 70.4. The minimum atomic E-state index is 0.136. The number of aryl methyl sites for hydroxylation is 4. The number of hydrogen-bond donors (Lipinski definition) is 0. The second-order valence-corrected chi connectivity index (χ2v) is 33.9. The lowest BCUT2D eigenvalue weighted by molar-refractivity contribution is 0.487. The number of ether oxygens (including phenoxy) is 2. The van der Waals surface area contributed by atoms with Gasteiger partial charge >= 0.3 is 0 Å². The minimum absolute atomic E-state index is 0.136. The molecular weight excluding hydrogens is 1520 g/mol. The van der Waals surface area contributed by atoms with E-state index in [0.717, 1.165) is 79.0 Å². The Hall–Kier alpha value is -15.8. The minimum Gasteiger partial charge on any atom is -0.456 e. The van der Waals surface area contributed by atoms with Crippen LogP contribution in [0.1, 0.15) is 22.3 Å². The fourth-order valence-corrected chi connectivity index (χ4v) is 20.6. The molecule has 0 bridgehead atoms. The van der Waals surface area contributed by atoms with Gasteiger partial charge in [-0.3, -0.25) is 0 Å². The predicted molar refractivity (Wildman–Crippen MR) is 538 cm³/mol. The monoisotopic (exact) mass is 1610 g/mol. The van der Waals surface area contributed by atoms with Gasteiger partial charge in [-0.15, -0.1) is 0 Å². The summed E-state index contributed by atoms with van der Waals surface area (Å²) in [6, 6.07) is 159. The molecule has 0 saturated heterocycles. The van der Waals surface area contributed by atoms with E-state index in [-0.39, 0.29) is 13.4 Å². The standard InChI is InChI=1S/C62H46BNO.C58H38BNO/c1-39-16-13-17-40(2)61(39)63(62-41(3)18-14-19-42(62)4)46-31-30-43-34-45(29-28-44(43)35-46)54-37-56-53-26-15-27-58-60(53)57(38-55(56)51-25-12-11-24-50(51)54)52-33-32-49(36-59(52)65-58)64(47-20-7-5-8-21-47)48-22-9-6-10-23-48;1-5-16-42(17-6-1)59(43-18-7-2-8-19-43)44-31-30-39-34-41(29-28-40(39)35-44)52-37-54-51-26-15-27-56-58(51)55(38-53(54)49-25-14-13-24-48(49)52)50-33-32-47(36-57(50)61-56)60(45-20-9-3-10-21-45)46-22-11-4-12-23-46/h5-38H,1-4H3;1-38H. The van der Waals surface area contributed by atoms with Gasteiger partial charge in [0.05, 0.1) is 0 Å². The van der Waals surface area contributed by atoms with Crippen LogP contribution in [0.3, 0.4) is 0 Å². The Labute approximate surface area is 734 Å². The van der Waals surface area contributed by atoms with Gasteiger partial charge in [-0.05, 0) is 258 Å². The average molecular weight is 1610 g/mol. The smallest absolute Gasteiger partial charge is 0.242 e. The lowest BCUT2D eigenvalue weighted by atomic mass is 9.34. The summed E-state index contributed by atoms with van der Waals surface area (Å²) in [5.74, 6) is 3.47. The molecule has 0 aromatic heterocycles. The first kappa shape index (κ1) is 75.2. The molecule has 2 heterocycles. The van der Waals surface area contributed by atoms with Crippen molar-refractivity contribution in [3.8, 4) is 67.5 Å². The van der Waals surface area contributed by atoms with E-state index in [1.165, 1.54) is 164 Å². The normalized spacial score (nSPS) is 11.8. The summed E-state index contributed by atoms with van der Waals surface area (Å²) < 4.78 is 13.8. The molecule has 0 radical (unpaired) electrons. The lowest BCUT2D eigenvalue weighted by Gasteiger charge is -2.28. The second-order valence-electron chi connectivity index (χ2n) is 33.9. The molecule has 0 unspecified atom stereocenters. The van der Waals surface area contributed by atoms with Gasteiger partial charge in [-0.2, -0.15) is 0 Å². The van der Waals surface area contributed by atoms with Gasteiger partial charge < -0.3 is 19.3 Å². The highest BCUT2D eigenvalue weighted by Crippen LogP contribution is 2.55. The zero-order chi connectivity index (χ0) is 84.0. The zero-order valence-corrected chi connectivity index (χ0v) is 70.4. The van der Waals surface area contributed by atoms with Gasteiger partial charge in [-0.1, -0.05) is 358 Å². The van der Waals surface area contributed by atoms with Crippen LogP contribution in [0.2, 0.25) is 0 Å². The Kier molecular flexibility index (Phi) is 18.7. The van der Waals surface area contributed by atoms with Gasteiger partial charge in [0, 0.05) is 68.2 Å². The third kappa shape index (κ3) is 13.1. The summed E-state index contributed by atoms with van der Waals surface area (Å²) in [5, 5.41) is 19.5. The van der Waals surface area contributed by atoms with Crippen molar-refractivity contribution in [1.29, 1.82) is 0 Å². The third-order valence-corrected chi connectivity index (χ3v) is 26.4. The molecule has 6 heteroatoms. The number of hydrogen-bond acceptors (Lipinski definition) is 4. The predicted octanol–water partition coefficient (Wildman–Crippen LogP) is 28.7. The van der Waals surface area contributed by atoms with Crippen LogP contribution in [0.5, 0.6) is 23.0 Å². The van der Waals surface area contributed by atoms with Crippen molar-refractivity contribution in [2.45, 2.75) is 27.7 Å². The maximum Gasteiger partial charge on any atom is 0.242 e. The van der Waals surface area contributed by atoms with Crippen molar-refractivity contribution >= 4 is 167 Å². The third-order valence-electron chi connectivity index (χ3n) is 26.4. The van der Waals surface area contributed by atoms with Crippen LogP contribution in [-0.2, 0) is 0 Å². The van der Waals surface area contributed by atoms with Crippen LogP contribution >= 0.6 is 0 Å². The molecule has 22 aromatic carbocycles. The van der Waals surface area contributed by atoms with Crippen LogP contribution in [0.25, 0.3) is 131 Å². The van der Waals surface area contributed by atoms with Gasteiger partial charge in [0.1, 0.15) is 23.0 Å². The van der Waals surface area contributed by atoms with Gasteiger partial charge in [-0.25, -0.2) is 0 Å². The molecule has 0 atom stereocenters. The van der Waals surface area contributed by atoms with Crippen molar-refractivity contribution in [3.05, 3.63) is 459 Å². The van der Waals surface area contributed by atoms with Crippen molar-refractivity contribution in [2.75, 3.05) is 9.80 Å². The molecule has 0 aliphatic carbocycles. The summed E-state index contributed by atoms with van der Waals surface area (Å²) in [6.45, 7) is 9.33. The summed E-state index contributed by atoms with van der Waals surface area (Å²) >= 11 is 0. The molecule has 2 aliphatic heterocycles. The summed E-state index contributed by atoms with van der Waals surface area (Å²) in [7, 11) is 0. The van der Waals surface area contributed by atoms with E-state index in [9.17, 15) is 0 Å². The summed E-state index contributed by atoms with van der Waals surface area (Å²) in [4.78, 5) is 4.57. The summed E-state index contributed by atoms with van der Waals surface area (Å²) in [6.07, 6.45) is 0. The fourth-order valence-electron chi connectivity index (χ4n) is 20.6. The summed E-state index contributed by atoms with van der Waals surface area (Å²) in [5.41, 5.74) is 29.2. The highest BCUT2D eigenvalue weighted by molar-refractivity contribution is 6.97. The Morgan fingerprint density at radius 1 is 0.183 bits per heavy atom. The molecule has 592 valence electrons. The topological polar surface area (TPSA) is 24.9 Å². The molecule has 4 nitrogen and oxygen atoms in total. The van der Waals surface area contributed by atoms with Crippen LogP contribution in [0, 0.1) is 27.7 Å². The van der Waals surface area contributed by atoms with Crippen molar-refractivity contribution in [2.24, 2.45) is 0 Å². The van der Waals surface area contributed by atoms with Crippen LogP contribution in [0.15, 0.2) is 437 Å². The van der Waals surface area contributed by atoms with E-state index in [1.54, 1.807) is 0 Å². The highest BCUT2D eigenvalue weighted by Gasteiger charge is 2.32. The Bertz CT molecular complexity index is 7870. The fraction of sp³-hybridized carbons (Fsp3) is 0.0333. The molecule has 0 amide bonds. The molecule has 2 aliphatic rings. The molecule has 24 rings (SSSR count). The largest absolute Gasteiger partial charge is 0.456 e. The maximum absolute atomic E-state index is 6.89. The Balaban J connectivity index is 0.000000145. The Morgan fingerprint density at radius 3 is 0.881 bits per heavy atom. The molecule has 22 aromatic rings. The quantitative estimate of drug-likeness (QED) is 0.0800. The first-order chi connectivity index (χ1) is 62.1. The van der Waals surface area contributed by atoms with Crippen LogP contribution in [0.4, 0.5) is 34.1 Å². The van der Waals surface area contributed by atoms with E-state index >= 15 is 0 Å². The molecule has 0 fully saturated rings. The Morgan fingerprint density at radius 2 is 0.492 bits per heavy atom. The van der Waals surface area contributed by atoms with Crippen LogP contribution in [-0.4, -0.2) is 13.4 Å². The lowest BCUT2D eigenvalue weighted by Crippen LogP contribution is -2.55. The van der Waals surface area contributed by atoms with E-state index in [0.29, 0.717) is 0 Å². The van der Waals surface area contributed by atoms with Gasteiger partial charge in [0.2, 0.25) is 13.4 Å². The molecule has 126 heavy (non-hydrogen) atoms. The van der Waals surface area contributed by atoms with Gasteiger partial charge in [0.15, 0.2) is 0 Å². The molecule has 0 N–H and O–H groups in total. The van der Waals surface area contributed by atoms with Crippen molar-refractivity contribution < 1.29 is 9.47 Å². The molecule has 0 saturated carbocycles. The number of nitrogens with zero attached hydrogens (tertiary/aromatic N) is 2. The maximum atomic E-state index is 6.89. The highest BCUT2D eigenvalue weighted by atomic mass is 16.5. The first-order valence-electron chi connectivity index (χ1n) is 43.7. The second kappa shape index (κ2) is 31.3. The van der Waals surface area contributed by atoms with E-state index < -0.39 is 0 Å². The number of anilines is 6. The number of fused-ring (bicyclic) bond motifs is 14. The SMILES string of the molecule is Cc1cccc(C)c1B(c1ccc2cc(-c3cc4c5cccc6c5c(cc4c4ccccc34)-c3ccc(N(c4ccccc4)c4ccccc4)cc3O6)ccc2c1)c1c(C)cccc1C.c1ccc(B(c2ccccc2)c2ccc3cc(-c4cc5c6cccc7c6c(cc5c5ccccc45)-c4ccc(N(c5ccccc5)c5ccccc5)cc4O7)ccc3c2)cc1.